The Kier molecular flexibility index (Phi) is 6.31. The molecule has 0 atom stereocenters. The lowest BCUT2D eigenvalue weighted by Gasteiger charge is -2.20. The number of hydrogen-bond acceptors (Lipinski definition) is 4. The Morgan fingerprint density at radius 1 is 1.37 bits per heavy atom. The summed E-state index contributed by atoms with van der Waals surface area (Å²) < 4.78 is 0.727. The van der Waals surface area contributed by atoms with Crippen LogP contribution in [0.15, 0.2) is 18.2 Å². The molecule has 0 spiro atoms. The molecule has 0 aliphatic carbocycles. The molecule has 0 aliphatic heterocycles. The number of phenols is 1. The lowest BCUT2D eigenvalue weighted by Crippen LogP contribution is -2.27. The summed E-state index contributed by atoms with van der Waals surface area (Å²) in [7, 11) is 0. The van der Waals surface area contributed by atoms with Gasteiger partial charge in [0.25, 0.3) is 0 Å². The average Bonchev–Trinajstić information content (AvgIpc) is 2.40. The third kappa shape index (κ3) is 4.51. The lowest BCUT2D eigenvalue weighted by atomic mass is 10.1. The highest BCUT2D eigenvalue weighted by molar-refractivity contribution is 8.23. The maximum atomic E-state index is 12.1. The van der Waals surface area contributed by atoms with Crippen molar-refractivity contribution >= 4 is 34.1 Å². The Morgan fingerprint density at radius 3 is 2.58 bits per heavy atom. The molecule has 0 saturated carbocycles. The van der Waals surface area contributed by atoms with Gasteiger partial charge in [-0.25, -0.2) is 0 Å². The monoisotopic (exact) mass is 297 g/mol. The Hall–Kier alpha value is -1.07. The van der Waals surface area contributed by atoms with Gasteiger partial charge in [-0.3, -0.25) is 4.79 Å². The summed E-state index contributed by atoms with van der Waals surface area (Å²) in [6, 6.07) is 5.04. The van der Waals surface area contributed by atoms with Crippen molar-refractivity contribution in [2.75, 3.05) is 18.8 Å². The third-order valence-electron chi connectivity index (χ3n) is 2.80. The number of carbonyl (C=O) groups excluding carboxylic acids is 1. The van der Waals surface area contributed by atoms with Crippen molar-refractivity contribution in [3.05, 3.63) is 29.3 Å². The van der Waals surface area contributed by atoms with Crippen LogP contribution in [0.1, 0.15) is 29.8 Å². The van der Waals surface area contributed by atoms with Crippen LogP contribution in [-0.2, 0) is 0 Å². The molecule has 0 heterocycles. The maximum Gasteiger partial charge on any atom is 0.176 e. The van der Waals surface area contributed by atoms with Gasteiger partial charge in [0.15, 0.2) is 5.78 Å². The maximum absolute atomic E-state index is 12.1. The standard InChI is InChI=1S/C14H19NO2S2/c1-4-15(5-2)14(18)19-9-13(17)11-8-10(3)6-7-12(11)16/h6-8,16H,4-5,9H2,1-3H3. The van der Waals surface area contributed by atoms with Crippen molar-refractivity contribution in [3.63, 3.8) is 0 Å². The number of nitrogens with zero attached hydrogens (tertiary/aromatic N) is 1. The molecule has 0 aliphatic rings. The predicted molar refractivity (Wildman–Crippen MR) is 85.2 cm³/mol. The Morgan fingerprint density at radius 2 is 2.00 bits per heavy atom. The fraction of sp³-hybridized carbons (Fsp3) is 0.429. The topological polar surface area (TPSA) is 40.5 Å². The number of thioether (sulfide) groups is 1. The number of rotatable bonds is 5. The molecule has 5 heteroatoms. The molecule has 1 rings (SSSR count). The number of hydrogen-bond donors (Lipinski definition) is 1. The van der Waals surface area contributed by atoms with Crippen molar-refractivity contribution in [3.8, 4) is 5.75 Å². The summed E-state index contributed by atoms with van der Waals surface area (Å²) in [5, 5.41) is 9.70. The van der Waals surface area contributed by atoms with Crippen molar-refractivity contribution in [2.24, 2.45) is 0 Å². The molecule has 1 N–H and O–H groups in total. The predicted octanol–water partition coefficient (Wildman–Crippen LogP) is 3.24. The first kappa shape index (κ1) is 16.0. The molecule has 0 amide bonds. The SMILES string of the molecule is CCN(CC)C(=S)SCC(=O)c1cc(C)ccc1O. The first-order valence-electron chi connectivity index (χ1n) is 6.24. The van der Waals surface area contributed by atoms with Gasteiger partial charge >= 0.3 is 0 Å². The second kappa shape index (κ2) is 7.50. The minimum Gasteiger partial charge on any atom is -0.507 e. The molecule has 0 fully saturated rings. The van der Waals surface area contributed by atoms with Gasteiger partial charge in [0.1, 0.15) is 10.1 Å². The molecular weight excluding hydrogens is 278 g/mol. The molecule has 0 saturated heterocycles. The van der Waals surface area contributed by atoms with Crippen LogP contribution < -0.4 is 0 Å². The van der Waals surface area contributed by atoms with Crippen molar-refractivity contribution in [1.82, 2.24) is 4.90 Å². The highest BCUT2D eigenvalue weighted by Crippen LogP contribution is 2.21. The van der Waals surface area contributed by atoms with E-state index >= 15 is 0 Å². The highest BCUT2D eigenvalue weighted by atomic mass is 32.2. The van der Waals surface area contributed by atoms with Gasteiger partial charge in [0.2, 0.25) is 0 Å². The van der Waals surface area contributed by atoms with Crippen LogP contribution >= 0.6 is 24.0 Å². The minimum atomic E-state index is -0.0966. The van der Waals surface area contributed by atoms with Gasteiger partial charge in [-0.05, 0) is 32.9 Å². The van der Waals surface area contributed by atoms with E-state index in [1.807, 2.05) is 25.7 Å². The van der Waals surface area contributed by atoms with E-state index in [2.05, 4.69) is 0 Å². The molecule has 0 aromatic heterocycles. The van der Waals surface area contributed by atoms with Gasteiger partial charge in [-0.15, -0.1) is 0 Å². The molecule has 19 heavy (non-hydrogen) atoms. The number of aryl methyl sites for hydroxylation is 1. The Bertz CT molecular complexity index is 471. The smallest absolute Gasteiger partial charge is 0.176 e. The summed E-state index contributed by atoms with van der Waals surface area (Å²) in [5.74, 6) is 0.192. The van der Waals surface area contributed by atoms with Crippen LogP contribution in [-0.4, -0.2) is 39.0 Å². The summed E-state index contributed by atoms with van der Waals surface area (Å²) in [6.45, 7) is 7.64. The van der Waals surface area contributed by atoms with E-state index in [1.54, 1.807) is 18.2 Å². The zero-order chi connectivity index (χ0) is 14.4. The van der Waals surface area contributed by atoms with Gasteiger partial charge in [-0.1, -0.05) is 35.6 Å². The number of thiocarbonyl (C=S) groups is 1. The number of ketones is 1. The van der Waals surface area contributed by atoms with Crippen LogP contribution in [0.4, 0.5) is 0 Å². The first-order chi connectivity index (χ1) is 8.99. The molecule has 1 aromatic carbocycles. The zero-order valence-electron chi connectivity index (χ0n) is 11.5. The number of phenolic OH excluding ortho intramolecular Hbond substituents is 1. The molecule has 0 unspecified atom stereocenters. The summed E-state index contributed by atoms with van der Waals surface area (Å²) >= 11 is 6.62. The van der Waals surface area contributed by atoms with E-state index in [0.717, 1.165) is 23.0 Å². The highest BCUT2D eigenvalue weighted by Gasteiger charge is 2.14. The van der Waals surface area contributed by atoms with Crippen LogP contribution in [0.5, 0.6) is 5.75 Å². The molecule has 0 radical (unpaired) electrons. The van der Waals surface area contributed by atoms with Crippen LogP contribution in [0, 0.1) is 6.92 Å². The minimum absolute atomic E-state index is 0.0324. The van der Waals surface area contributed by atoms with Crippen molar-refractivity contribution < 1.29 is 9.90 Å². The largest absolute Gasteiger partial charge is 0.507 e. The summed E-state index contributed by atoms with van der Waals surface area (Å²) in [5.41, 5.74) is 1.33. The number of benzene rings is 1. The normalized spacial score (nSPS) is 10.3. The van der Waals surface area contributed by atoms with Gasteiger partial charge < -0.3 is 10.0 Å². The Labute approximate surface area is 124 Å². The van der Waals surface area contributed by atoms with E-state index < -0.39 is 0 Å². The van der Waals surface area contributed by atoms with Gasteiger partial charge in [0, 0.05) is 13.1 Å². The van der Waals surface area contributed by atoms with Crippen LogP contribution in [0.2, 0.25) is 0 Å². The number of Topliss-reactive ketones (excluding diaryl/α,β-unsaturated/α-hetero) is 1. The lowest BCUT2D eigenvalue weighted by molar-refractivity contribution is 0.102. The molecule has 104 valence electrons. The van der Waals surface area contributed by atoms with Gasteiger partial charge in [0.05, 0.1) is 11.3 Å². The second-order valence-corrected chi connectivity index (χ2v) is 5.78. The quantitative estimate of drug-likeness (QED) is 0.667. The number of carbonyl (C=O) groups is 1. The van der Waals surface area contributed by atoms with E-state index in [0.29, 0.717) is 5.56 Å². The molecule has 3 nitrogen and oxygen atoms in total. The Balaban J connectivity index is 2.65. The van der Waals surface area contributed by atoms with E-state index in [4.69, 9.17) is 12.2 Å². The van der Waals surface area contributed by atoms with Crippen molar-refractivity contribution in [1.29, 1.82) is 0 Å². The average molecular weight is 297 g/mol. The van der Waals surface area contributed by atoms with E-state index in [1.165, 1.54) is 11.8 Å². The zero-order valence-corrected chi connectivity index (χ0v) is 13.1. The number of aromatic hydroxyl groups is 1. The van der Waals surface area contributed by atoms with Crippen molar-refractivity contribution in [2.45, 2.75) is 20.8 Å². The van der Waals surface area contributed by atoms with E-state index in [-0.39, 0.29) is 17.3 Å². The van der Waals surface area contributed by atoms with Crippen LogP contribution in [0.3, 0.4) is 0 Å². The van der Waals surface area contributed by atoms with Crippen LogP contribution in [0.25, 0.3) is 0 Å². The summed E-state index contributed by atoms with van der Waals surface area (Å²) in [6.07, 6.45) is 0. The molecular formula is C14H19NO2S2. The van der Waals surface area contributed by atoms with E-state index in [9.17, 15) is 9.90 Å². The second-order valence-electron chi connectivity index (χ2n) is 4.17. The first-order valence-corrected chi connectivity index (χ1v) is 7.63. The third-order valence-corrected chi connectivity index (χ3v) is 4.32. The fourth-order valence-electron chi connectivity index (χ4n) is 1.65. The molecule has 1 aromatic rings. The fourth-order valence-corrected chi connectivity index (χ4v) is 2.94. The summed E-state index contributed by atoms with van der Waals surface area (Å²) in [4.78, 5) is 14.1. The van der Waals surface area contributed by atoms with Gasteiger partial charge in [-0.2, -0.15) is 0 Å². The molecule has 0 bridgehead atoms.